The summed E-state index contributed by atoms with van der Waals surface area (Å²) in [6, 6.07) is 39.0. The van der Waals surface area contributed by atoms with Crippen molar-refractivity contribution >= 4 is 11.3 Å². The SMILES string of the molecule is CNCCc1ccccn1.Cc1cn(Cc2ccccc2F)c2c(F)c(-c3ccc(OCC(C)C)cc3)c(CN(C)CCc3ccccn3)n2c1=O.Cc1cn(Cc2ccccc2F)c2c(F)c(-c3ccc(OCC(C)C)cc3)cn2c1=O. The van der Waals surface area contributed by atoms with Crippen LogP contribution in [0.3, 0.4) is 0 Å². The van der Waals surface area contributed by atoms with Crippen molar-refractivity contribution in [3.63, 3.8) is 0 Å². The van der Waals surface area contributed by atoms with E-state index in [4.69, 9.17) is 9.47 Å². The minimum absolute atomic E-state index is 0.0780. The average Bonchev–Trinajstić information content (AvgIpc) is 2.31. The first-order chi connectivity index (χ1) is 40.0. The lowest BCUT2D eigenvalue weighted by Crippen LogP contribution is -2.27. The quantitative estimate of drug-likeness (QED) is 0.0751. The Kier molecular flexibility index (Phi) is 20.7. The molecule has 6 aromatic heterocycles. The highest BCUT2D eigenvalue weighted by Gasteiger charge is 2.26. The molecule has 10 aromatic rings. The van der Waals surface area contributed by atoms with Crippen molar-refractivity contribution in [2.45, 2.75) is 74.0 Å². The fraction of sp³-hybridized carbons (Fsp3) is 0.284. The second kappa shape index (κ2) is 28.4. The third kappa shape index (κ3) is 15.3. The van der Waals surface area contributed by atoms with E-state index in [0.717, 1.165) is 24.4 Å². The molecule has 0 aliphatic carbocycles. The van der Waals surface area contributed by atoms with Crippen LogP contribution in [-0.4, -0.2) is 73.2 Å². The average molecular weight is 1130 g/mol. The van der Waals surface area contributed by atoms with Gasteiger partial charge in [-0.15, -0.1) is 0 Å². The van der Waals surface area contributed by atoms with Crippen LogP contribution in [0.15, 0.2) is 174 Å². The molecule has 432 valence electrons. The van der Waals surface area contributed by atoms with Crippen LogP contribution in [0.4, 0.5) is 17.6 Å². The highest BCUT2D eigenvalue weighted by Crippen LogP contribution is 2.34. The molecule has 6 heterocycles. The Morgan fingerprint density at radius 2 is 1.07 bits per heavy atom. The molecule has 0 saturated heterocycles. The Morgan fingerprint density at radius 1 is 0.578 bits per heavy atom. The third-order valence-corrected chi connectivity index (χ3v) is 13.8. The van der Waals surface area contributed by atoms with E-state index in [9.17, 15) is 18.4 Å². The third-order valence-electron chi connectivity index (χ3n) is 13.8. The molecule has 4 aromatic carbocycles. The van der Waals surface area contributed by atoms with Gasteiger partial charge >= 0.3 is 0 Å². The first-order valence-electron chi connectivity index (χ1n) is 27.9. The van der Waals surface area contributed by atoms with E-state index >= 15 is 8.78 Å². The van der Waals surface area contributed by atoms with Crippen molar-refractivity contribution in [2.75, 3.05) is 40.4 Å². The first kappa shape index (κ1) is 60.5. The molecule has 0 saturated carbocycles. The Bertz CT molecular complexity index is 3860. The second-order valence-corrected chi connectivity index (χ2v) is 21.5. The van der Waals surface area contributed by atoms with Crippen LogP contribution in [0, 0.1) is 49.0 Å². The van der Waals surface area contributed by atoms with Gasteiger partial charge in [0, 0.05) is 108 Å². The number of fused-ring (bicyclic) bond motifs is 2. The zero-order chi connectivity index (χ0) is 59.2. The Hall–Kier alpha value is -8.60. The summed E-state index contributed by atoms with van der Waals surface area (Å²) in [7, 11) is 3.89. The van der Waals surface area contributed by atoms with Crippen LogP contribution in [0.5, 0.6) is 11.5 Å². The summed E-state index contributed by atoms with van der Waals surface area (Å²) in [5.41, 5.74) is 5.89. The van der Waals surface area contributed by atoms with Gasteiger partial charge < -0.3 is 28.8 Å². The van der Waals surface area contributed by atoms with Crippen molar-refractivity contribution in [1.29, 1.82) is 0 Å². The zero-order valence-electron chi connectivity index (χ0n) is 48.4. The number of nitrogens with one attached hydrogen (secondary N) is 1. The Morgan fingerprint density at radius 3 is 1.58 bits per heavy atom. The lowest BCUT2D eigenvalue weighted by Gasteiger charge is -2.18. The van der Waals surface area contributed by atoms with Crippen molar-refractivity contribution < 1.29 is 27.0 Å². The molecule has 0 unspecified atom stereocenters. The van der Waals surface area contributed by atoms with E-state index in [1.165, 1.54) is 27.1 Å². The number of aromatic nitrogens is 6. The lowest BCUT2D eigenvalue weighted by molar-refractivity contribution is 0.271. The van der Waals surface area contributed by atoms with Crippen LogP contribution in [0.2, 0.25) is 0 Å². The van der Waals surface area contributed by atoms with Gasteiger partial charge in [-0.2, -0.15) is 0 Å². The monoisotopic (exact) mass is 1130 g/mol. The standard InChI is InChI=1S/C34H36F2N4O2.C25H24F2N2O2.C8H12N2/c1-23(2)22-42-28-14-12-25(13-15-28)31-30(21-38(4)18-16-27-10-7-8-17-37-27)40-33(32(31)36)39(19-24(3)34(40)41)20-26-9-5-6-11-29(26)35;1-16(2)15-31-20-10-8-18(9-11-20)21-14-29-24(23(21)27)28(12-17(3)25(29)30)13-19-6-4-5-7-22(19)26;1-9-7-5-8-4-2-3-6-10-8/h5-15,17,19,23H,16,18,20-22H2,1-4H3;4-12,14,16H,13,15H2,1-3H3;2-4,6,9H,5,7H2,1H3. The van der Waals surface area contributed by atoms with E-state index in [0.29, 0.717) is 106 Å². The van der Waals surface area contributed by atoms with Gasteiger partial charge in [0.25, 0.3) is 11.1 Å². The van der Waals surface area contributed by atoms with Crippen molar-refractivity contribution in [2.24, 2.45) is 11.8 Å². The molecule has 0 amide bonds. The van der Waals surface area contributed by atoms with E-state index in [2.05, 4.69) is 47.9 Å². The fourth-order valence-electron chi connectivity index (χ4n) is 9.47. The molecule has 16 heteroatoms. The fourth-order valence-corrected chi connectivity index (χ4v) is 9.47. The summed E-state index contributed by atoms with van der Waals surface area (Å²) in [4.78, 5) is 37.0. The van der Waals surface area contributed by atoms with Crippen molar-refractivity contribution in [3.8, 4) is 33.8 Å². The molecule has 0 aliphatic rings. The number of hydrogen-bond acceptors (Lipinski definition) is 8. The summed E-state index contributed by atoms with van der Waals surface area (Å²) in [5, 5.41) is 3.08. The van der Waals surface area contributed by atoms with Gasteiger partial charge in [-0.1, -0.05) is 100 Å². The number of likely N-dealkylation sites (N-methyl/N-ethyl adjacent to an activating group) is 2. The summed E-state index contributed by atoms with van der Waals surface area (Å²) in [6.45, 7) is 15.0. The maximum Gasteiger partial charge on any atom is 0.260 e. The van der Waals surface area contributed by atoms with Crippen LogP contribution in [-0.2, 0) is 32.5 Å². The van der Waals surface area contributed by atoms with Crippen LogP contribution in [0.1, 0.15) is 67.0 Å². The predicted molar refractivity (Wildman–Crippen MR) is 321 cm³/mol. The minimum atomic E-state index is -0.524. The second-order valence-electron chi connectivity index (χ2n) is 21.5. The molecule has 0 fully saturated rings. The lowest BCUT2D eigenvalue weighted by atomic mass is 10.0. The van der Waals surface area contributed by atoms with Gasteiger partial charge in [0.05, 0.1) is 32.0 Å². The predicted octanol–water partition coefficient (Wildman–Crippen LogP) is 12.8. The topological polar surface area (TPSA) is 112 Å². The largest absolute Gasteiger partial charge is 0.493 e. The molecule has 0 atom stereocenters. The highest BCUT2D eigenvalue weighted by molar-refractivity contribution is 5.75. The number of ether oxygens (including phenoxy) is 2. The van der Waals surface area contributed by atoms with Gasteiger partial charge in [-0.3, -0.25) is 28.4 Å². The number of pyridine rings is 2. The molecule has 83 heavy (non-hydrogen) atoms. The van der Waals surface area contributed by atoms with Gasteiger partial charge in [0.2, 0.25) is 0 Å². The zero-order valence-corrected chi connectivity index (χ0v) is 48.4. The molecule has 0 bridgehead atoms. The van der Waals surface area contributed by atoms with Crippen molar-refractivity contribution in [3.05, 3.63) is 248 Å². The number of hydrogen-bond donors (Lipinski definition) is 1. The molecule has 0 aliphatic heterocycles. The molecule has 12 nitrogen and oxygen atoms in total. The number of nitrogens with zero attached hydrogens (tertiary/aromatic N) is 7. The van der Waals surface area contributed by atoms with Crippen LogP contribution >= 0.6 is 0 Å². The van der Waals surface area contributed by atoms with Crippen LogP contribution in [0.25, 0.3) is 33.5 Å². The molecule has 1 N–H and O–H groups in total. The Labute approximate surface area is 482 Å². The first-order valence-corrected chi connectivity index (χ1v) is 27.9. The smallest absolute Gasteiger partial charge is 0.260 e. The molecule has 0 spiro atoms. The summed E-state index contributed by atoms with van der Waals surface area (Å²) in [5.74, 6) is 0.369. The molecule has 0 radical (unpaired) electrons. The summed E-state index contributed by atoms with van der Waals surface area (Å²) >= 11 is 0. The normalized spacial score (nSPS) is 11.3. The summed E-state index contributed by atoms with van der Waals surface area (Å²) < 4.78 is 78.6. The van der Waals surface area contributed by atoms with Gasteiger partial charge in [-0.05, 0) is 112 Å². The Balaban J connectivity index is 0.000000191. The molecular formula is C67H72F4N8O4. The van der Waals surface area contributed by atoms with E-state index in [1.54, 1.807) is 102 Å². The number of benzene rings is 4. The maximum atomic E-state index is 16.7. The van der Waals surface area contributed by atoms with E-state index in [-0.39, 0.29) is 47.1 Å². The van der Waals surface area contributed by atoms with Gasteiger partial charge in [0.1, 0.15) is 23.1 Å². The highest BCUT2D eigenvalue weighted by atomic mass is 19.1. The number of aryl methyl sites for hydroxylation is 2. The van der Waals surface area contributed by atoms with Crippen molar-refractivity contribution in [1.82, 2.24) is 38.1 Å². The van der Waals surface area contributed by atoms with Gasteiger partial charge in [-0.25, -0.2) is 17.6 Å². The minimum Gasteiger partial charge on any atom is -0.493 e. The molecule has 10 rings (SSSR count). The summed E-state index contributed by atoms with van der Waals surface area (Å²) in [6.07, 6.45) is 9.98. The maximum absolute atomic E-state index is 16.7. The van der Waals surface area contributed by atoms with E-state index in [1.807, 2.05) is 81.0 Å². The number of rotatable bonds is 20. The van der Waals surface area contributed by atoms with E-state index < -0.39 is 11.6 Å². The number of halogens is 4. The van der Waals surface area contributed by atoms with Gasteiger partial charge in [0.15, 0.2) is 22.9 Å². The molecular weight excluding hydrogens is 1060 g/mol. The van der Waals surface area contributed by atoms with Crippen LogP contribution < -0.4 is 25.9 Å².